The highest BCUT2D eigenvalue weighted by Crippen LogP contribution is 2.49. The number of nitrogens with zero attached hydrogens (tertiary/aromatic N) is 1. The van der Waals surface area contributed by atoms with Gasteiger partial charge in [0.2, 0.25) is 0 Å². The van der Waals surface area contributed by atoms with Crippen LogP contribution >= 0.6 is 0 Å². The number of Topliss-reactive ketones (excluding diaryl/α,β-unsaturated/α-hetero) is 1. The molecule has 0 radical (unpaired) electrons. The van der Waals surface area contributed by atoms with Crippen LogP contribution in [0.5, 0.6) is 0 Å². The van der Waals surface area contributed by atoms with Gasteiger partial charge in [-0.3, -0.25) is 4.79 Å². The molecule has 3 aliphatic rings. The molecule has 0 bridgehead atoms. The van der Waals surface area contributed by atoms with Gasteiger partial charge in [0.1, 0.15) is 5.54 Å². The normalized spacial score (nSPS) is 20.3. The third-order valence-corrected chi connectivity index (χ3v) is 8.09. The summed E-state index contributed by atoms with van der Waals surface area (Å²) < 4.78 is 0. The second kappa shape index (κ2) is 8.24. The van der Waals surface area contributed by atoms with Gasteiger partial charge in [0.05, 0.1) is 6.61 Å². The van der Waals surface area contributed by atoms with Gasteiger partial charge in [-0.25, -0.2) is 0 Å². The Morgan fingerprint density at radius 2 is 1.77 bits per heavy atom. The lowest BCUT2D eigenvalue weighted by atomic mass is 9.68. The van der Waals surface area contributed by atoms with E-state index in [1.54, 1.807) is 0 Å². The average Bonchev–Trinajstić information content (AvgIpc) is 3.07. The second-order valence-electron chi connectivity index (χ2n) is 9.74. The molecule has 0 aromatic heterocycles. The number of anilines is 2. The number of aryl methyl sites for hydroxylation is 1. The first kappa shape index (κ1) is 21.9. The molecule has 2 aliphatic carbocycles. The topological polar surface area (TPSA) is 66.6 Å². The van der Waals surface area contributed by atoms with Crippen LogP contribution in [0.4, 0.5) is 11.4 Å². The highest BCUT2D eigenvalue weighted by atomic mass is 16.3. The zero-order valence-electron chi connectivity index (χ0n) is 20.1. The number of rotatable bonds is 3. The summed E-state index contributed by atoms with van der Waals surface area (Å²) >= 11 is 0. The van der Waals surface area contributed by atoms with E-state index in [-0.39, 0.29) is 12.4 Å². The zero-order valence-corrected chi connectivity index (χ0v) is 20.1. The van der Waals surface area contributed by atoms with Crippen molar-refractivity contribution < 1.29 is 9.90 Å². The van der Waals surface area contributed by atoms with Crippen molar-refractivity contribution in [3.63, 3.8) is 0 Å². The highest BCUT2D eigenvalue weighted by Gasteiger charge is 2.49. The fourth-order valence-corrected chi connectivity index (χ4v) is 6.53. The number of hydrogen-bond acceptors (Lipinski definition) is 4. The van der Waals surface area contributed by atoms with Crippen molar-refractivity contribution in [2.45, 2.75) is 44.6 Å². The van der Waals surface area contributed by atoms with Crippen LogP contribution in [0.25, 0.3) is 17.2 Å². The molecule has 4 heteroatoms. The van der Waals surface area contributed by atoms with E-state index in [0.29, 0.717) is 12.8 Å². The van der Waals surface area contributed by atoms with E-state index in [2.05, 4.69) is 54.3 Å². The van der Waals surface area contributed by atoms with Gasteiger partial charge in [0.25, 0.3) is 0 Å². The van der Waals surface area contributed by atoms with Gasteiger partial charge in [-0.2, -0.15) is 0 Å². The number of nitrogens with two attached hydrogens (primary N) is 1. The number of nitrogen functional groups attached to an aromatic ring is 1. The Morgan fingerprint density at radius 3 is 2.60 bits per heavy atom. The summed E-state index contributed by atoms with van der Waals surface area (Å²) in [5.41, 5.74) is 16.3. The van der Waals surface area contributed by atoms with Gasteiger partial charge in [-0.05, 0) is 88.9 Å². The number of carbonyl (C=O) groups excluding carboxylic acids is 1. The number of allylic oxidation sites excluding steroid dienone is 2. The molecule has 0 fully saturated rings. The van der Waals surface area contributed by atoms with Crippen LogP contribution in [0.15, 0.2) is 72.4 Å². The Bertz CT molecular complexity index is 1420. The van der Waals surface area contributed by atoms with Crippen LogP contribution in [0.3, 0.4) is 0 Å². The van der Waals surface area contributed by atoms with E-state index >= 15 is 0 Å². The van der Waals surface area contributed by atoms with E-state index < -0.39 is 5.54 Å². The van der Waals surface area contributed by atoms with Crippen molar-refractivity contribution in [3.05, 3.63) is 100 Å². The molecule has 6 rings (SSSR count). The van der Waals surface area contributed by atoms with Crippen LogP contribution in [0, 0.1) is 0 Å². The lowest BCUT2D eigenvalue weighted by Gasteiger charge is -2.48. The first-order valence-electron chi connectivity index (χ1n) is 12.5. The molecule has 0 spiro atoms. The van der Waals surface area contributed by atoms with Crippen LogP contribution in [-0.4, -0.2) is 17.5 Å². The molecular weight excluding hydrogens is 432 g/mol. The zero-order chi connectivity index (χ0) is 24.2. The third kappa shape index (κ3) is 3.13. The highest BCUT2D eigenvalue weighted by molar-refractivity contribution is 5.98. The van der Waals surface area contributed by atoms with Gasteiger partial charge in [-0.15, -0.1) is 0 Å². The minimum Gasteiger partial charge on any atom is -0.399 e. The first-order valence-corrected chi connectivity index (χ1v) is 12.5. The molecule has 0 amide bonds. The van der Waals surface area contributed by atoms with Crippen LogP contribution in [-0.2, 0) is 29.6 Å². The molecule has 3 aromatic rings. The Balaban J connectivity index is 1.61. The Hall–Kier alpha value is -3.63. The summed E-state index contributed by atoms with van der Waals surface area (Å²) in [5, 5.41) is 10.4. The number of aliphatic hydroxyl groups excluding tert-OH is 1. The summed E-state index contributed by atoms with van der Waals surface area (Å²) in [6.45, 7) is 1.96. The number of aliphatic hydroxyl groups is 1. The molecule has 1 atom stereocenters. The maximum atomic E-state index is 14.0. The number of ketones is 1. The predicted molar refractivity (Wildman–Crippen MR) is 142 cm³/mol. The first-order chi connectivity index (χ1) is 17.1. The number of carbonyl (C=O) groups is 1. The van der Waals surface area contributed by atoms with E-state index in [9.17, 15) is 9.90 Å². The van der Waals surface area contributed by atoms with E-state index in [1.165, 1.54) is 27.8 Å². The molecule has 35 heavy (non-hydrogen) atoms. The Kier molecular flexibility index (Phi) is 5.15. The van der Waals surface area contributed by atoms with Crippen molar-refractivity contribution in [2.75, 3.05) is 17.2 Å². The lowest BCUT2D eigenvalue weighted by Crippen LogP contribution is -2.54. The van der Waals surface area contributed by atoms with Crippen molar-refractivity contribution in [3.8, 4) is 11.1 Å². The van der Waals surface area contributed by atoms with Crippen LogP contribution in [0.2, 0.25) is 0 Å². The van der Waals surface area contributed by atoms with E-state index in [1.807, 2.05) is 30.4 Å². The molecule has 176 valence electrons. The summed E-state index contributed by atoms with van der Waals surface area (Å²) in [6.07, 6.45) is 9.74. The average molecular weight is 463 g/mol. The quantitative estimate of drug-likeness (QED) is 0.500. The third-order valence-electron chi connectivity index (χ3n) is 8.09. The SMILES string of the molecule is CCC1(N2C(CO)=CC=Cc3ccccc32)C(=O)CCc2c1ccc1c2CCc2cc(N)ccc2-1. The Morgan fingerprint density at radius 1 is 0.971 bits per heavy atom. The minimum atomic E-state index is -0.860. The van der Waals surface area contributed by atoms with Gasteiger partial charge in [0.15, 0.2) is 5.78 Å². The summed E-state index contributed by atoms with van der Waals surface area (Å²) in [7, 11) is 0. The van der Waals surface area contributed by atoms with E-state index in [0.717, 1.165) is 47.5 Å². The van der Waals surface area contributed by atoms with Gasteiger partial charge < -0.3 is 15.7 Å². The second-order valence-corrected chi connectivity index (χ2v) is 9.74. The van der Waals surface area contributed by atoms with Gasteiger partial charge in [-0.1, -0.05) is 55.5 Å². The molecule has 0 saturated carbocycles. The predicted octanol–water partition coefficient (Wildman–Crippen LogP) is 5.56. The molecule has 4 nitrogen and oxygen atoms in total. The van der Waals surface area contributed by atoms with Crippen molar-refractivity contribution in [2.24, 2.45) is 0 Å². The largest absolute Gasteiger partial charge is 0.399 e. The molecule has 1 heterocycles. The summed E-state index contributed by atoms with van der Waals surface area (Å²) in [5.74, 6) is 0.215. The maximum Gasteiger partial charge on any atom is 0.163 e. The fourth-order valence-electron chi connectivity index (χ4n) is 6.53. The Labute approximate surface area is 206 Å². The fraction of sp³-hybridized carbons (Fsp3) is 0.258. The molecule has 1 unspecified atom stereocenters. The smallest absolute Gasteiger partial charge is 0.163 e. The van der Waals surface area contributed by atoms with Crippen molar-refractivity contribution >= 4 is 23.2 Å². The monoisotopic (exact) mass is 462 g/mol. The maximum absolute atomic E-state index is 14.0. The lowest BCUT2D eigenvalue weighted by molar-refractivity contribution is -0.125. The summed E-state index contributed by atoms with van der Waals surface area (Å²) in [6, 6.07) is 18.7. The summed E-state index contributed by atoms with van der Waals surface area (Å²) in [4.78, 5) is 16.1. The number of para-hydroxylation sites is 1. The van der Waals surface area contributed by atoms with E-state index in [4.69, 9.17) is 5.73 Å². The van der Waals surface area contributed by atoms with Crippen molar-refractivity contribution in [1.82, 2.24) is 0 Å². The van der Waals surface area contributed by atoms with Gasteiger partial charge >= 0.3 is 0 Å². The molecule has 3 N–H and O–H groups in total. The number of benzene rings is 3. The molecular formula is C31H30N2O2. The van der Waals surface area contributed by atoms with Gasteiger partial charge in [0, 0.05) is 23.5 Å². The minimum absolute atomic E-state index is 0.136. The van der Waals surface area contributed by atoms with Crippen LogP contribution in [0.1, 0.15) is 47.6 Å². The van der Waals surface area contributed by atoms with Crippen molar-refractivity contribution in [1.29, 1.82) is 0 Å². The number of hydrogen-bond donors (Lipinski definition) is 2. The van der Waals surface area contributed by atoms with Crippen LogP contribution < -0.4 is 10.6 Å². The molecule has 1 aliphatic heterocycles. The standard InChI is InChI=1S/C31H30N2O2/c1-2-31(33-23(19-34)8-5-7-20-6-3-4-9-29(20)33)28-16-14-25-24-13-11-22(32)18-21(24)10-12-26(25)27(28)15-17-30(31)35/h3-9,11,13-14,16,18,34H,2,10,12,15,17,19,32H2,1H3. The number of fused-ring (bicyclic) bond motifs is 6. The molecule has 3 aromatic carbocycles. The molecule has 0 saturated heterocycles.